The first-order valence-corrected chi connectivity index (χ1v) is 8.38. The SMILES string of the molecule is CCC(C)NC(=O)CSc1nnc(-c2ccccc2Br)o1. The molecule has 1 atom stereocenters. The third kappa shape index (κ3) is 4.57. The molecule has 0 aliphatic heterocycles. The molecule has 1 aromatic heterocycles. The summed E-state index contributed by atoms with van der Waals surface area (Å²) in [4.78, 5) is 11.7. The Morgan fingerprint density at radius 3 is 2.90 bits per heavy atom. The fourth-order valence-electron chi connectivity index (χ4n) is 1.56. The van der Waals surface area contributed by atoms with Gasteiger partial charge < -0.3 is 9.73 Å². The van der Waals surface area contributed by atoms with Gasteiger partial charge in [-0.2, -0.15) is 0 Å². The zero-order valence-electron chi connectivity index (χ0n) is 11.8. The van der Waals surface area contributed by atoms with E-state index < -0.39 is 0 Å². The molecule has 2 aromatic rings. The summed E-state index contributed by atoms with van der Waals surface area (Å²) in [5, 5.41) is 11.2. The minimum absolute atomic E-state index is 0.0324. The van der Waals surface area contributed by atoms with E-state index in [4.69, 9.17) is 4.42 Å². The maximum absolute atomic E-state index is 11.7. The van der Waals surface area contributed by atoms with Crippen LogP contribution in [0.4, 0.5) is 0 Å². The Kier molecular flexibility index (Phi) is 5.81. The molecule has 2 rings (SSSR count). The number of nitrogens with one attached hydrogen (secondary N) is 1. The van der Waals surface area contributed by atoms with Crippen molar-refractivity contribution in [3.05, 3.63) is 28.7 Å². The van der Waals surface area contributed by atoms with Crippen LogP contribution in [0.15, 0.2) is 38.4 Å². The van der Waals surface area contributed by atoms with E-state index in [1.165, 1.54) is 11.8 Å². The van der Waals surface area contributed by atoms with Gasteiger partial charge in [-0.15, -0.1) is 10.2 Å². The van der Waals surface area contributed by atoms with Crippen molar-refractivity contribution in [3.8, 4) is 11.5 Å². The number of carbonyl (C=O) groups is 1. The Bertz CT molecular complexity index is 618. The second kappa shape index (κ2) is 7.61. The van der Waals surface area contributed by atoms with Crippen molar-refractivity contribution in [2.75, 3.05) is 5.75 Å². The quantitative estimate of drug-likeness (QED) is 0.789. The third-order valence-corrected chi connectivity index (χ3v) is 4.37. The number of amides is 1. The standard InChI is InChI=1S/C14H16BrN3O2S/c1-3-9(2)16-12(19)8-21-14-18-17-13(20-14)10-6-4-5-7-11(10)15/h4-7,9H,3,8H2,1-2H3,(H,16,19). The highest BCUT2D eigenvalue weighted by atomic mass is 79.9. The lowest BCUT2D eigenvalue weighted by Gasteiger charge is -2.09. The van der Waals surface area contributed by atoms with Crippen molar-refractivity contribution in [1.29, 1.82) is 0 Å². The van der Waals surface area contributed by atoms with Crippen molar-refractivity contribution >= 4 is 33.6 Å². The van der Waals surface area contributed by atoms with Crippen molar-refractivity contribution in [1.82, 2.24) is 15.5 Å². The first-order valence-electron chi connectivity index (χ1n) is 6.60. The molecule has 0 aliphatic carbocycles. The van der Waals surface area contributed by atoms with Gasteiger partial charge in [0.1, 0.15) is 0 Å². The summed E-state index contributed by atoms with van der Waals surface area (Å²) in [5.74, 6) is 0.671. The molecule has 0 spiro atoms. The van der Waals surface area contributed by atoms with E-state index in [9.17, 15) is 4.79 Å². The number of halogens is 1. The van der Waals surface area contributed by atoms with Gasteiger partial charge in [-0.25, -0.2) is 0 Å². The molecule has 21 heavy (non-hydrogen) atoms. The van der Waals surface area contributed by atoms with Gasteiger partial charge in [0.25, 0.3) is 5.22 Å². The molecule has 0 saturated heterocycles. The van der Waals surface area contributed by atoms with Crippen LogP contribution in [-0.2, 0) is 4.79 Å². The Morgan fingerprint density at radius 1 is 1.43 bits per heavy atom. The van der Waals surface area contributed by atoms with E-state index in [1.807, 2.05) is 38.1 Å². The van der Waals surface area contributed by atoms with Gasteiger partial charge in [0.2, 0.25) is 11.8 Å². The molecule has 112 valence electrons. The fourth-order valence-corrected chi connectivity index (χ4v) is 2.59. The zero-order chi connectivity index (χ0) is 15.2. The predicted molar refractivity (Wildman–Crippen MR) is 86.1 cm³/mol. The van der Waals surface area contributed by atoms with Crippen LogP contribution in [0.25, 0.3) is 11.5 Å². The molecule has 1 N–H and O–H groups in total. The molecule has 0 aliphatic rings. The van der Waals surface area contributed by atoms with Gasteiger partial charge in [0.05, 0.1) is 11.3 Å². The summed E-state index contributed by atoms with van der Waals surface area (Å²) in [6.07, 6.45) is 0.906. The minimum Gasteiger partial charge on any atom is -0.411 e. The third-order valence-electron chi connectivity index (χ3n) is 2.86. The number of nitrogens with zero attached hydrogens (tertiary/aromatic N) is 2. The molecular formula is C14H16BrN3O2S. The van der Waals surface area contributed by atoms with Crippen molar-refractivity contribution in [3.63, 3.8) is 0 Å². The lowest BCUT2D eigenvalue weighted by Crippen LogP contribution is -2.33. The number of aromatic nitrogens is 2. The summed E-state index contributed by atoms with van der Waals surface area (Å²) in [6, 6.07) is 7.79. The summed E-state index contributed by atoms with van der Waals surface area (Å²) in [6.45, 7) is 4.00. The maximum Gasteiger partial charge on any atom is 0.277 e. The Balaban J connectivity index is 1.95. The normalized spacial score (nSPS) is 12.1. The fraction of sp³-hybridized carbons (Fsp3) is 0.357. The second-order valence-electron chi connectivity index (χ2n) is 4.52. The van der Waals surface area contributed by atoms with Crippen LogP contribution in [0.5, 0.6) is 0 Å². The van der Waals surface area contributed by atoms with Crippen molar-refractivity contribution < 1.29 is 9.21 Å². The van der Waals surface area contributed by atoms with Crippen LogP contribution in [0.2, 0.25) is 0 Å². The highest BCUT2D eigenvalue weighted by Crippen LogP contribution is 2.28. The van der Waals surface area contributed by atoms with Crippen LogP contribution in [0.1, 0.15) is 20.3 Å². The molecular weight excluding hydrogens is 354 g/mol. The van der Waals surface area contributed by atoms with Gasteiger partial charge in [-0.3, -0.25) is 4.79 Å². The topological polar surface area (TPSA) is 68.0 Å². The lowest BCUT2D eigenvalue weighted by molar-refractivity contribution is -0.119. The number of carbonyl (C=O) groups excluding carboxylic acids is 1. The summed E-state index contributed by atoms with van der Waals surface area (Å²) >= 11 is 4.68. The van der Waals surface area contributed by atoms with Gasteiger partial charge in [0.15, 0.2) is 0 Å². The van der Waals surface area contributed by atoms with E-state index in [0.29, 0.717) is 11.1 Å². The maximum atomic E-state index is 11.7. The molecule has 0 saturated carbocycles. The highest BCUT2D eigenvalue weighted by molar-refractivity contribution is 9.10. The molecule has 7 heteroatoms. The van der Waals surface area contributed by atoms with Crippen LogP contribution < -0.4 is 5.32 Å². The second-order valence-corrected chi connectivity index (χ2v) is 6.30. The van der Waals surface area contributed by atoms with E-state index in [1.54, 1.807) is 0 Å². The van der Waals surface area contributed by atoms with Crippen LogP contribution >= 0.6 is 27.7 Å². The van der Waals surface area contributed by atoms with Crippen molar-refractivity contribution in [2.24, 2.45) is 0 Å². The molecule has 1 aromatic carbocycles. The molecule has 1 unspecified atom stereocenters. The molecule has 1 amide bonds. The average Bonchev–Trinajstić information content (AvgIpc) is 2.94. The number of hydrogen-bond acceptors (Lipinski definition) is 5. The molecule has 0 bridgehead atoms. The monoisotopic (exact) mass is 369 g/mol. The Morgan fingerprint density at radius 2 is 2.19 bits per heavy atom. The predicted octanol–water partition coefficient (Wildman–Crippen LogP) is 3.51. The average molecular weight is 370 g/mol. The number of thioether (sulfide) groups is 1. The summed E-state index contributed by atoms with van der Waals surface area (Å²) in [5.41, 5.74) is 0.834. The van der Waals surface area contributed by atoms with E-state index in [2.05, 4.69) is 31.4 Å². The molecule has 0 fully saturated rings. The number of hydrogen-bond donors (Lipinski definition) is 1. The first-order chi connectivity index (χ1) is 10.1. The summed E-state index contributed by atoms with van der Waals surface area (Å²) < 4.78 is 6.45. The largest absolute Gasteiger partial charge is 0.411 e. The molecule has 0 radical (unpaired) electrons. The molecule has 5 nitrogen and oxygen atoms in total. The van der Waals surface area contributed by atoms with Gasteiger partial charge in [-0.05, 0) is 41.4 Å². The minimum atomic E-state index is -0.0324. The van der Waals surface area contributed by atoms with E-state index >= 15 is 0 Å². The lowest BCUT2D eigenvalue weighted by atomic mass is 10.2. The molecule has 1 heterocycles. The highest BCUT2D eigenvalue weighted by Gasteiger charge is 2.13. The zero-order valence-corrected chi connectivity index (χ0v) is 14.2. The number of rotatable bonds is 6. The first kappa shape index (κ1) is 16.0. The summed E-state index contributed by atoms with van der Waals surface area (Å²) in [7, 11) is 0. The van der Waals surface area contributed by atoms with Gasteiger partial charge in [0, 0.05) is 10.5 Å². The Hall–Kier alpha value is -1.34. The van der Waals surface area contributed by atoms with Crippen LogP contribution in [0, 0.1) is 0 Å². The van der Waals surface area contributed by atoms with E-state index in [-0.39, 0.29) is 17.7 Å². The van der Waals surface area contributed by atoms with Crippen molar-refractivity contribution in [2.45, 2.75) is 31.5 Å². The van der Waals surface area contributed by atoms with E-state index in [0.717, 1.165) is 16.5 Å². The van der Waals surface area contributed by atoms with Gasteiger partial charge in [-0.1, -0.05) is 30.8 Å². The van der Waals surface area contributed by atoms with Crippen LogP contribution in [0.3, 0.4) is 0 Å². The Labute approximate surface area is 136 Å². The van der Waals surface area contributed by atoms with Gasteiger partial charge >= 0.3 is 0 Å². The number of benzene rings is 1. The smallest absolute Gasteiger partial charge is 0.277 e. The van der Waals surface area contributed by atoms with Crippen LogP contribution in [-0.4, -0.2) is 27.9 Å².